The quantitative estimate of drug-likeness (QED) is 0.873. The summed E-state index contributed by atoms with van der Waals surface area (Å²) in [6.07, 6.45) is 3.25. The zero-order valence-corrected chi connectivity index (χ0v) is 11.4. The van der Waals surface area contributed by atoms with Gasteiger partial charge in [0, 0.05) is 31.2 Å². The average molecular weight is 250 g/mol. The van der Waals surface area contributed by atoms with Gasteiger partial charge in [-0.3, -0.25) is 0 Å². The largest absolute Gasteiger partial charge is 0.378 e. The molecule has 0 amide bonds. The van der Waals surface area contributed by atoms with Crippen LogP contribution in [0.3, 0.4) is 0 Å². The summed E-state index contributed by atoms with van der Waals surface area (Å²) in [7, 11) is 4.12. The van der Waals surface area contributed by atoms with Gasteiger partial charge >= 0.3 is 0 Å². The minimum atomic E-state index is 0.994. The van der Waals surface area contributed by atoms with Gasteiger partial charge in [-0.05, 0) is 35.7 Å². The zero-order valence-electron chi connectivity index (χ0n) is 11.4. The van der Waals surface area contributed by atoms with E-state index in [1.165, 1.54) is 28.2 Å². The summed E-state index contributed by atoms with van der Waals surface area (Å²) in [5, 5.41) is 3.51. The van der Waals surface area contributed by atoms with Crippen LogP contribution in [0.4, 0.5) is 11.4 Å². The fraction of sp³-hybridized carbons (Fsp3) is 0.176. The van der Waals surface area contributed by atoms with Crippen LogP contribution in [0.1, 0.15) is 11.1 Å². The third kappa shape index (κ3) is 2.34. The fourth-order valence-electron chi connectivity index (χ4n) is 2.36. The van der Waals surface area contributed by atoms with Crippen molar-refractivity contribution in [3.63, 3.8) is 0 Å². The smallest absolute Gasteiger partial charge is 0.0420 e. The molecule has 0 radical (unpaired) electrons. The molecule has 2 nitrogen and oxygen atoms in total. The highest BCUT2D eigenvalue weighted by atomic mass is 15.1. The molecule has 0 atom stereocenters. The van der Waals surface area contributed by atoms with Crippen molar-refractivity contribution >= 4 is 17.1 Å². The zero-order chi connectivity index (χ0) is 13.2. The van der Waals surface area contributed by atoms with Crippen LogP contribution >= 0.6 is 0 Å². The third-order valence-corrected chi connectivity index (χ3v) is 3.51. The predicted molar refractivity (Wildman–Crippen MR) is 82.5 cm³/mol. The van der Waals surface area contributed by atoms with Crippen LogP contribution in [0.15, 0.2) is 54.6 Å². The van der Waals surface area contributed by atoms with Crippen molar-refractivity contribution in [3.05, 3.63) is 65.7 Å². The van der Waals surface area contributed by atoms with E-state index in [0.717, 1.165) is 6.42 Å². The molecule has 0 saturated heterocycles. The first kappa shape index (κ1) is 11.8. The molecule has 2 aromatic carbocycles. The number of benzene rings is 2. The Morgan fingerprint density at radius 3 is 2.42 bits per heavy atom. The van der Waals surface area contributed by atoms with Gasteiger partial charge in [-0.2, -0.15) is 0 Å². The minimum absolute atomic E-state index is 0.994. The number of rotatable bonds is 2. The second kappa shape index (κ2) is 4.81. The molecule has 0 fully saturated rings. The summed E-state index contributed by atoms with van der Waals surface area (Å²) in [4.78, 5) is 2.11. The number of fused-ring (bicyclic) bond motifs is 1. The summed E-state index contributed by atoms with van der Waals surface area (Å²) < 4.78 is 0. The van der Waals surface area contributed by atoms with Crippen LogP contribution < -0.4 is 10.2 Å². The van der Waals surface area contributed by atoms with Crippen molar-refractivity contribution in [2.24, 2.45) is 0 Å². The summed E-state index contributed by atoms with van der Waals surface area (Å²) in [6.45, 7) is 0. The lowest BCUT2D eigenvalue weighted by Gasteiger charge is -2.20. The fourth-order valence-corrected chi connectivity index (χ4v) is 2.36. The third-order valence-electron chi connectivity index (χ3n) is 3.51. The number of allylic oxidation sites excluding steroid dienone is 1. The summed E-state index contributed by atoms with van der Waals surface area (Å²) >= 11 is 0. The molecule has 19 heavy (non-hydrogen) atoms. The van der Waals surface area contributed by atoms with E-state index >= 15 is 0 Å². The average Bonchev–Trinajstić information content (AvgIpc) is 2.47. The molecular formula is C17H18N2. The number of hydrogen-bond donors (Lipinski definition) is 1. The van der Waals surface area contributed by atoms with Gasteiger partial charge in [0.15, 0.2) is 0 Å². The molecule has 2 heteroatoms. The second-order valence-electron chi connectivity index (χ2n) is 5.05. The van der Waals surface area contributed by atoms with Crippen molar-refractivity contribution < 1.29 is 0 Å². The first-order valence-electron chi connectivity index (χ1n) is 6.57. The van der Waals surface area contributed by atoms with Crippen LogP contribution in [-0.2, 0) is 6.42 Å². The Kier molecular flexibility index (Phi) is 3.00. The maximum Gasteiger partial charge on any atom is 0.0420 e. The topological polar surface area (TPSA) is 15.3 Å². The van der Waals surface area contributed by atoms with Crippen LogP contribution in [0.25, 0.3) is 5.70 Å². The van der Waals surface area contributed by atoms with Crippen LogP contribution in [0.2, 0.25) is 0 Å². The van der Waals surface area contributed by atoms with E-state index in [1.807, 2.05) is 0 Å². The Morgan fingerprint density at radius 1 is 0.947 bits per heavy atom. The molecule has 1 N–H and O–H groups in total. The molecule has 1 aliphatic rings. The Balaban J connectivity index is 1.86. The molecule has 1 heterocycles. The van der Waals surface area contributed by atoms with E-state index in [1.54, 1.807) is 0 Å². The van der Waals surface area contributed by atoms with Crippen molar-refractivity contribution in [3.8, 4) is 0 Å². The van der Waals surface area contributed by atoms with Gasteiger partial charge in [-0.25, -0.2) is 0 Å². The van der Waals surface area contributed by atoms with Crippen LogP contribution in [0.5, 0.6) is 0 Å². The van der Waals surface area contributed by atoms with Gasteiger partial charge in [0.25, 0.3) is 0 Å². The molecule has 0 saturated carbocycles. The summed E-state index contributed by atoms with van der Waals surface area (Å²) in [5.41, 5.74) is 6.23. The maximum atomic E-state index is 3.51. The van der Waals surface area contributed by atoms with E-state index in [0.29, 0.717) is 0 Å². The molecule has 1 aliphatic heterocycles. The number of para-hydroxylation sites is 1. The molecule has 2 aromatic rings. The Morgan fingerprint density at radius 2 is 1.68 bits per heavy atom. The van der Waals surface area contributed by atoms with Gasteiger partial charge in [0.2, 0.25) is 0 Å². The molecule has 3 rings (SSSR count). The second-order valence-corrected chi connectivity index (χ2v) is 5.05. The molecule has 0 aliphatic carbocycles. The number of anilines is 2. The van der Waals surface area contributed by atoms with Crippen LogP contribution in [-0.4, -0.2) is 14.1 Å². The highest BCUT2D eigenvalue weighted by molar-refractivity contribution is 5.81. The van der Waals surface area contributed by atoms with E-state index in [2.05, 4.69) is 78.9 Å². The first-order chi connectivity index (χ1) is 9.24. The van der Waals surface area contributed by atoms with Crippen molar-refractivity contribution in [1.82, 2.24) is 0 Å². The minimum Gasteiger partial charge on any atom is -0.378 e. The summed E-state index contributed by atoms with van der Waals surface area (Å²) in [6, 6.07) is 17.1. The highest BCUT2D eigenvalue weighted by Gasteiger charge is 2.10. The number of nitrogens with zero attached hydrogens (tertiary/aromatic N) is 1. The van der Waals surface area contributed by atoms with Gasteiger partial charge < -0.3 is 10.2 Å². The molecule has 0 bridgehead atoms. The molecule has 0 unspecified atom stereocenters. The molecular weight excluding hydrogens is 232 g/mol. The number of nitrogens with one attached hydrogen (secondary N) is 1. The van der Waals surface area contributed by atoms with Gasteiger partial charge in [-0.1, -0.05) is 36.4 Å². The molecule has 96 valence electrons. The van der Waals surface area contributed by atoms with Gasteiger partial charge in [-0.15, -0.1) is 0 Å². The lowest BCUT2D eigenvalue weighted by atomic mass is 10.0. The molecule has 0 aromatic heterocycles. The van der Waals surface area contributed by atoms with Gasteiger partial charge in [0.1, 0.15) is 0 Å². The maximum absolute atomic E-state index is 3.51. The van der Waals surface area contributed by atoms with Gasteiger partial charge in [0.05, 0.1) is 0 Å². The Hall–Kier alpha value is -2.22. The first-order valence-corrected chi connectivity index (χ1v) is 6.57. The predicted octanol–water partition coefficient (Wildman–Crippen LogP) is 3.76. The Bertz CT molecular complexity index is 609. The molecule has 0 spiro atoms. The van der Waals surface area contributed by atoms with E-state index in [-0.39, 0.29) is 0 Å². The monoisotopic (exact) mass is 250 g/mol. The highest BCUT2D eigenvalue weighted by Crippen LogP contribution is 2.28. The van der Waals surface area contributed by atoms with E-state index < -0.39 is 0 Å². The SMILES string of the molecule is CN(C)c1ccc(C2=CCc3ccccc3N2)cc1. The lowest BCUT2D eigenvalue weighted by Crippen LogP contribution is -2.09. The van der Waals surface area contributed by atoms with Crippen LogP contribution in [0, 0.1) is 0 Å². The van der Waals surface area contributed by atoms with Crippen molar-refractivity contribution in [1.29, 1.82) is 0 Å². The normalized spacial score (nSPS) is 13.3. The Labute approximate surface area is 114 Å². The van der Waals surface area contributed by atoms with Crippen molar-refractivity contribution in [2.45, 2.75) is 6.42 Å². The summed E-state index contributed by atoms with van der Waals surface area (Å²) in [5.74, 6) is 0. The number of hydrogen-bond acceptors (Lipinski definition) is 2. The van der Waals surface area contributed by atoms with Crippen molar-refractivity contribution in [2.75, 3.05) is 24.3 Å². The lowest BCUT2D eigenvalue weighted by molar-refractivity contribution is 1.13. The standard InChI is InChI=1S/C17H18N2/c1-19(2)15-10-7-14(8-11-15)17-12-9-13-5-3-4-6-16(13)18-17/h3-8,10-12,18H,9H2,1-2H3. The van der Waals surface area contributed by atoms with E-state index in [4.69, 9.17) is 0 Å². The van der Waals surface area contributed by atoms with E-state index in [9.17, 15) is 0 Å².